The maximum atomic E-state index is 6.14. The Morgan fingerprint density at radius 2 is 1.80 bits per heavy atom. The summed E-state index contributed by atoms with van der Waals surface area (Å²) in [7, 11) is 0. The maximum absolute atomic E-state index is 6.14. The SMILES string of the molecule is CC1(NCCC(N)C(C)(C)C)CCCC1. The van der Waals surface area contributed by atoms with Gasteiger partial charge in [0.25, 0.3) is 0 Å². The number of rotatable bonds is 4. The fourth-order valence-corrected chi connectivity index (χ4v) is 2.29. The first-order valence-corrected chi connectivity index (χ1v) is 6.34. The van der Waals surface area contributed by atoms with Crippen molar-refractivity contribution in [3.05, 3.63) is 0 Å². The fourth-order valence-electron chi connectivity index (χ4n) is 2.29. The van der Waals surface area contributed by atoms with E-state index in [1.54, 1.807) is 0 Å². The first-order valence-electron chi connectivity index (χ1n) is 6.34. The van der Waals surface area contributed by atoms with Gasteiger partial charge in [-0.1, -0.05) is 33.6 Å². The topological polar surface area (TPSA) is 38.0 Å². The number of hydrogen-bond acceptors (Lipinski definition) is 2. The summed E-state index contributed by atoms with van der Waals surface area (Å²) in [6.45, 7) is 10.1. The van der Waals surface area contributed by atoms with Gasteiger partial charge in [0, 0.05) is 11.6 Å². The molecule has 90 valence electrons. The van der Waals surface area contributed by atoms with Gasteiger partial charge in [0.2, 0.25) is 0 Å². The summed E-state index contributed by atoms with van der Waals surface area (Å²) in [5.74, 6) is 0. The highest BCUT2D eigenvalue weighted by Crippen LogP contribution is 2.29. The lowest BCUT2D eigenvalue weighted by Gasteiger charge is -2.30. The van der Waals surface area contributed by atoms with E-state index in [1.807, 2.05) is 0 Å². The quantitative estimate of drug-likeness (QED) is 0.752. The lowest BCUT2D eigenvalue weighted by Crippen LogP contribution is -2.44. The van der Waals surface area contributed by atoms with Crippen molar-refractivity contribution < 1.29 is 0 Å². The van der Waals surface area contributed by atoms with Crippen molar-refractivity contribution >= 4 is 0 Å². The highest BCUT2D eigenvalue weighted by molar-refractivity contribution is 4.88. The Hall–Kier alpha value is -0.0800. The summed E-state index contributed by atoms with van der Waals surface area (Å²) >= 11 is 0. The predicted octanol–water partition coefficient (Wildman–Crippen LogP) is 2.67. The summed E-state index contributed by atoms with van der Waals surface area (Å²) in [5, 5.41) is 3.68. The van der Waals surface area contributed by atoms with Crippen LogP contribution in [0.5, 0.6) is 0 Å². The Bertz CT molecular complexity index is 187. The second kappa shape index (κ2) is 4.84. The molecule has 3 N–H and O–H groups in total. The van der Waals surface area contributed by atoms with Crippen LogP contribution in [-0.2, 0) is 0 Å². The molecular weight excluding hydrogens is 184 g/mol. The van der Waals surface area contributed by atoms with Crippen molar-refractivity contribution in [3.63, 3.8) is 0 Å². The van der Waals surface area contributed by atoms with Gasteiger partial charge in [0.05, 0.1) is 0 Å². The van der Waals surface area contributed by atoms with Gasteiger partial charge in [-0.05, 0) is 38.1 Å². The van der Waals surface area contributed by atoms with Gasteiger partial charge in [0.1, 0.15) is 0 Å². The summed E-state index contributed by atoms with van der Waals surface area (Å²) in [5.41, 5.74) is 6.77. The van der Waals surface area contributed by atoms with E-state index >= 15 is 0 Å². The molecule has 1 aliphatic carbocycles. The average Bonchev–Trinajstić information content (AvgIpc) is 2.50. The molecule has 2 nitrogen and oxygen atoms in total. The van der Waals surface area contributed by atoms with E-state index in [0.717, 1.165) is 13.0 Å². The Labute approximate surface area is 95.0 Å². The van der Waals surface area contributed by atoms with Gasteiger partial charge in [0.15, 0.2) is 0 Å². The largest absolute Gasteiger partial charge is 0.327 e. The zero-order valence-corrected chi connectivity index (χ0v) is 10.9. The summed E-state index contributed by atoms with van der Waals surface area (Å²) in [4.78, 5) is 0. The van der Waals surface area contributed by atoms with E-state index in [1.165, 1.54) is 25.7 Å². The third-order valence-corrected chi connectivity index (χ3v) is 3.83. The van der Waals surface area contributed by atoms with Gasteiger partial charge in [-0.15, -0.1) is 0 Å². The van der Waals surface area contributed by atoms with Crippen LogP contribution in [0.15, 0.2) is 0 Å². The van der Waals surface area contributed by atoms with Crippen LogP contribution in [0.2, 0.25) is 0 Å². The van der Waals surface area contributed by atoms with E-state index in [4.69, 9.17) is 5.73 Å². The minimum absolute atomic E-state index is 0.234. The van der Waals surface area contributed by atoms with Gasteiger partial charge in [-0.25, -0.2) is 0 Å². The van der Waals surface area contributed by atoms with Crippen LogP contribution in [0.4, 0.5) is 0 Å². The van der Waals surface area contributed by atoms with Crippen molar-refractivity contribution in [2.24, 2.45) is 11.1 Å². The molecule has 0 saturated heterocycles. The van der Waals surface area contributed by atoms with Crippen LogP contribution in [0, 0.1) is 5.41 Å². The Kier molecular flexibility index (Phi) is 4.19. The molecule has 1 unspecified atom stereocenters. The first-order chi connectivity index (χ1) is 6.83. The Morgan fingerprint density at radius 3 is 2.27 bits per heavy atom. The van der Waals surface area contributed by atoms with E-state index in [9.17, 15) is 0 Å². The molecule has 0 heterocycles. The van der Waals surface area contributed by atoms with E-state index in [0.29, 0.717) is 11.6 Å². The number of nitrogens with two attached hydrogens (primary N) is 1. The summed E-state index contributed by atoms with van der Waals surface area (Å²) in [6, 6.07) is 0.301. The molecule has 0 aromatic heterocycles. The maximum Gasteiger partial charge on any atom is 0.0153 e. The van der Waals surface area contributed by atoms with Crippen LogP contribution in [0.3, 0.4) is 0 Å². The van der Waals surface area contributed by atoms with Gasteiger partial charge >= 0.3 is 0 Å². The van der Waals surface area contributed by atoms with Crippen LogP contribution >= 0.6 is 0 Å². The molecule has 2 heteroatoms. The molecule has 0 amide bonds. The molecule has 1 atom stereocenters. The smallest absolute Gasteiger partial charge is 0.0153 e. The molecule has 1 saturated carbocycles. The second-order valence-corrected chi connectivity index (χ2v) is 6.46. The first kappa shape index (κ1) is 13.0. The Balaban J connectivity index is 2.21. The van der Waals surface area contributed by atoms with Gasteiger partial charge in [-0.2, -0.15) is 0 Å². The normalized spacial score (nSPS) is 23.0. The molecule has 0 bridgehead atoms. The van der Waals surface area contributed by atoms with Crippen molar-refractivity contribution in [1.29, 1.82) is 0 Å². The number of nitrogens with one attached hydrogen (secondary N) is 1. The van der Waals surface area contributed by atoms with Crippen molar-refractivity contribution in [2.45, 2.75) is 71.4 Å². The second-order valence-electron chi connectivity index (χ2n) is 6.46. The molecule has 1 rings (SSSR count). The minimum Gasteiger partial charge on any atom is -0.327 e. The van der Waals surface area contributed by atoms with Crippen molar-refractivity contribution in [2.75, 3.05) is 6.54 Å². The average molecular weight is 212 g/mol. The monoisotopic (exact) mass is 212 g/mol. The molecule has 0 aromatic carbocycles. The van der Waals surface area contributed by atoms with Crippen molar-refractivity contribution in [1.82, 2.24) is 5.32 Å². The molecule has 0 spiro atoms. The molecule has 1 fully saturated rings. The van der Waals surface area contributed by atoms with Crippen molar-refractivity contribution in [3.8, 4) is 0 Å². The summed E-state index contributed by atoms with van der Waals surface area (Å²) < 4.78 is 0. The molecule has 15 heavy (non-hydrogen) atoms. The molecular formula is C13H28N2. The highest BCUT2D eigenvalue weighted by atomic mass is 15.0. The van der Waals surface area contributed by atoms with Crippen LogP contribution < -0.4 is 11.1 Å². The highest BCUT2D eigenvalue weighted by Gasteiger charge is 2.28. The predicted molar refractivity (Wildman–Crippen MR) is 66.9 cm³/mol. The molecule has 0 aliphatic heterocycles. The number of hydrogen-bond donors (Lipinski definition) is 2. The van der Waals surface area contributed by atoms with Gasteiger partial charge in [-0.3, -0.25) is 0 Å². The Morgan fingerprint density at radius 1 is 1.27 bits per heavy atom. The van der Waals surface area contributed by atoms with E-state index in [-0.39, 0.29) is 5.41 Å². The molecule has 0 radical (unpaired) electrons. The van der Waals surface area contributed by atoms with Crippen LogP contribution in [-0.4, -0.2) is 18.1 Å². The standard InChI is InChI=1S/C13H28N2/c1-12(2,3)11(14)7-10-15-13(4)8-5-6-9-13/h11,15H,5-10,14H2,1-4H3. The van der Waals surface area contributed by atoms with Crippen LogP contribution in [0.25, 0.3) is 0 Å². The molecule has 1 aliphatic rings. The zero-order valence-electron chi connectivity index (χ0n) is 10.9. The van der Waals surface area contributed by atoms with E-state index in [2.05, 4.69) is 33.0 Å². The fraction of sp³-hybridized carbons (Fsp3) is 1.00. The lowest BCUT2D eigenvalue weighted by molar-refractivity contribution is 0.283. The zero-order chi connectivity index (χ0) is 11.5. The van der Waals surface area contributed by atoms with Gasteiger partial charge < -0.3 is 11.1 Å². The third kappa shape index (κ3) is 4.12. The lowest BCUT2D eigenvalue weighted by atomic mass is 9.85. The van der Waals surface area contributed by atoms with E-state index < -0.39 is 0 Å². The third-order valence-electron chi connectivity index (χ3n) is 3.83. The minimum atomic E-state index is 0.234. The molecule has 0 aromatic rings. The summed E-state index contributed by atoms with van der Waals surface area (Å²) in [6.07, 6.45) is 6.51. The van der Waals surface area contributed by atoms with Crippen LogP contribution in [0.1, 0.15) is 59.8 Å².